The van der Waals surface area contributed by atoms with Crippen molar-refractivity contribution in [1.29, 1.82) is 0 Å². The second-order valence-corrected chi connectivity index (χ2v) is 11.8. The third-order valence-corrected chi connectivity index (χ3v) is 7.32. The molecule has 0 spiro atoms. The molecule has 2 aromatic carbocycles. The monoisotopic (exact) mass is 546 g/mol. The minimum Gasteiger partial charge on any atom is -0.352 e. The molecule has 37 heavy (non-hydrogen) atoms. The smallest absolute Gasteiger partial charge is 0.240 e. The molecule has 3 aromatic rings. The summed E-state index contributed by atoms with van der Waals surface area (Å²) in [5, 5.41) is 7.55. The number of aromatic nitrogens is 2. The number of fused-ring (bicyclic) bond motifs is 1. The third kappa shape index (κ3) is 5.67. The number of nitrogens with zero attached hydrogens (tertiary/aromatic N) is 3. The van der Waals surface area contributed by atoms with Crippen LogP contribution < -0.4 is 10.2 Å². The Morgan fingerprint density at radius 2 is 1.95 bits per heavy atom. The minimum absolute atomic E-state index is 0.00967. The number of thioether (sulfide) groups is 1. The number of halogens is 3. The van der Waals surface area contributed by atoms with E-state index in [1.165, 1.54) is 28.8 Å². The molecule has 0 saturated carbocycles. The van der Waals surface area contributed by atoms with E-state index in [-0.39, 0.29) is 35.7 Å². The van der Waals surface area contributed by atoms with E-state index in [9.17, 15) is 14.0 Å². The van der Waals surface area contributed by atoms with Crippen LogP contribution in [-0.4, -0.2) is 39.9 Å². The highest BCUT2D eigenvalue weighted by Gasteiger charge is 2.40. The first-order valence-corrected chi connectivity index (χ1v) is 13.3. The Labute approximate surface area is 224 Å². The van der Waals surface area contributed by atoms with Crippen molar-refractivity contribution in [1.82, 2.24) is 15.1 Å². The summed E-state index contributed by atoms with van der Waals surface area (Å²) in [6.07, 6.45) is 0. The molecule has 1 aliphatic heterocycles. The lowest BCUT2D eigenvalue weighted by atomic mass is 9.87. The highest BCUT2D eigenvalue weighted by atomic mass is 35.5. The highest BCUT2D eigenvalue weighted by molar-refractivity contribution is 8.00. The van der Waals surface area contributed by atoms with Crippen LogP contribution in [0, 0.1) is 11.6 Å². The number of carbonyl (C=O) groups excluding carboxylic acids is 2. The van der Waals surface area contributed by atoms with Gasteiger partial charge in [-0.2, -0.15) is 5.10 Å². The summed E-state index contributed by atoms with van der Waals surface area (Å²) in [6.45, 7) is 9.37. The molecule has 0 saturated heterocycles. The molecule has 0 bridgehead atoms. The number of nitrogens with one attached hydrogen (secondary N) is 1. The number of hydrogen-bond donors (Lipinski definition) is 1. The van der Waals surface area contributed by atoms with Crippen LogP contribution in [0.4, 0.5) is 14.6 Å². The van der Waals surface area contributed by atoms with Crippen molar-refractivity contribution in [3.8, 4) is 5.69 Å². The molecule has 10 heteroatoms. The van der Waals surface area contributed by atoms with Crippen molar-refractivity contribution in [2.24, 2.45) is 0 Å². The first-order chi connectivity index (χ1) is 17.4. The van der Waals surface area contributed by atoms with Crippen LogP contribution in [0.5, 0.6) is 0 Å². The Balaban J connectivity index is 2.04. The molecule has 0 radical (unpaired) electrons. The molecular weight excluding hydrogens is 518 g/mol. The fourth-order valence-electron chi connectivity index (χ4n) is 4.33. The normalized spacial score (nSPS) is 16.1. The van der Waals surface area contributed by atoms with Gasteiger partial charge in [0.25, 0.3) is 0 Å². The second-order valence-electron chi connectivity index (χ2n) is 10.3. The lowest BCUT2D eigenvalue weighted by Crippen LogP contribution is -2.44. The maximum absolute atomic E-state index is 15.2. The summed E-state index contributed by atoms with van der Waals surface area (Å²) in [5.41, 5.74) is 1.55. The molecule has 1 atom stereocenters. The van der Waals surface area contributed by atoms with Crippen LogP contribution in [0.2, 0.25) is 5.02 Å². The van der Waals surface area contributed by atoms with Crippen LogP contribution in [-0.2, 0) is 15.0 Å². The summed E-state index contributed by atoms with van der Waals surface area (Å²) in [5.74, 6) is -1.69. The SMILES string of the molecule is CC(C)NC(=O)CN1C(=O)CSC(c2ccc(F)cc2F)c2c(C(C)(C)C)nn(-c3cccc(Cl)c3)c21. The van der Waals surface area contributed by atoms with Crippen molar-refractivity contribution in [2.75, 3.05) is 17.2 Å². The molecule has 1 N–H and O–H groups in total. The number of anilines is 1. The van der Waals surface area contributed by atoms with Gasteiger partial charge >= 0.3 is 0 Å². The molecule has 2 amide bonds. The van der Waals surface area contributed by atoms with Gasteiger partial charge in [-0.05, 0) is 38.1 Å². The summed E-state index contributed by atoms with van der Waals surface area (Å²) in [4.78, 5) is 27.8. The predicted octanol–water partition coefficient (Wildman–Crippen LogP) is 5.80. The maximum Gasteiger partial charge on any atom is 0.240 e. The van der Waals surface area contributed by atoms with Crippen molar-refractivity contribution in [3.05, 3.63) is 75.9 Å². The summed E-state index contributed by atoms with van der Waals surface area (Å²) >= 11 is 7.53. The molecule has 0 fully saturated rings. The largest absolute Gasteiger partial charge is 0.352 e. The predicted molar refractivity (Wildman–Crippen MR) is 144 cm³/mol. The number of amides is 2. The lowest BCUT2D eigenvalue weighted by Gasteiger charge is -2.25. The van der Waals surface area contributed by atoms with Gasteiger partial charge in [0, 0.05) is 33.7 Å². The molecule has 0 aliphatic carbocycles. The van der Waals surface area contributed by atoms with Gasteiger partial charge in [0.15, 0.2) is 0 Å². The Morgan fingerprint density at radius 3 is 2.57 bits per heavy atom. The molecule has 1 unspecified atom stereocenters. The number of rotatable bonds is 5. The molecule has 6 nitrogen and oxygen atoms in total. The van der Waals surface area contributed by atoms with E-state index in [0.717, 1.165) is 6.07 Å². The van der Waals surface area contributed by atoms with Gasteiger partial charge in [-0.3, -0.25) is 14.5 Å². The van der Waals surface area contributed by atoms with Crippen LogP contribution in [0.25, 0.3) is 5.69 Å². The van der Waals surface area contributed by atoms with Gasteiger partial charge in [-0.25, -0.2) is 13.5 Å². The summed E-state index contributed by atoms with van der Waals surface area (Å²) < 4.78 is 30.6. The van der Waals surface area contributed by atoms with E-state index in [0.29, 0.717) is 27.8 Å². The van der Waals surface area contributed by atoms with Crippen LogP contribution in [0.1, 0.15) is 56.7 Å². The van der Waals surface area contributed by atoms with E-state index < -0.39 is 22.3 Å². The first-order valence-electron chi connectivity index (χ1n) is 11.9. The zero-order valence-corrected chi connectivity index (χ0v) is 22.9. The van der Waals surface area contributed by atoms with E-state index >= 15 is 4.39 Å². The Bertz CT molecular complexity index is 1350. The zero-order valence-electron chi connectivity index (χ0n) is 21.3. The van der Waals surface area contributed by atoms with Gasteiger partial charge in [-0.15, -0.1) is 11.8 Å². The number of carbonyl (C=O) groups is 2. The van der Waals surface area contributed by atoms with Crippen molar-refractivity contribution in [2.45, 2.75) is 51.3 Å². The van der Waals surface area contributed by atoms with Crippen LogP contribution in [0.3, 0.4) is 0 Å². The van der Waals surface area contributed by atoms with Crippen molar-refractivity contribution >= 4 is 41.0 Å². The van der Waals surface area contributed by atoms with Crippen molar-refractivity contribution in [3.63, 3.8) is 0 Å². The van der Waals surface area contributed by atoms with Gasteiger partial charge < -0.3 is 5.32 Å². The van der Waals surface area contributed by atoms with Gasteiger partial charge in [0.05, 0.1) is 22.4 Å². The molecule has 4 rings (SSSR count). The summed E-state index contributed by atoms with van der Waals surface area (Å²) in [6, 6.07) is 10.3. The van der Waals surface area contributed by atoms with Gasteiger partial charge in [0.1, 0.15) is 24.0 Å². The molecule has 1 aliphatic rings. The molecule has 196 valence electrons. The molecule has 2 heterocycles. The van der Waals surface area contributed by atoms with Crippen LogP contribution >= 0.6 is 23.4 Å². The number of benzene rings is 2. The molecular formula is C27H29ClF2N4O2S. The standard InChI is InChI=1S/C27H29ClF2N4O2S/c1-15(2)31-21(35)13-33-22(36)14-37-24(19-10-9-17(29)12-20(19)30)23-25(27(3,4)5)32-34(26(23)33)18-8-6-7-16(28)11-18/h6-12,15,24H,13-14H2,1-5H3,(H,31,35). The quantitative estimate of drug-likeness (QED) is 0.439. The average molecular weight is 547 g/mol. The van der Waals surface area contributed by atoms with E-state index in [1.54, 1.807) is 28.9 Å². The topological polar surface area (TPSA) is 67.2 Å². The van der Waals surface area contributed by atoms with E-state index in [1.807, 2.05) is 34.6 Å². The minimum atomic E-state index is -0.711. The van der Waals surface area contributed by atoms with Gasteiger partial charge in [0.2, 0.25) is 11.8 Å². The Morgan fingerprint density at radius 1 is 1.22 bits per heavy atom. The van der Waals surface area contributed by atoms with Gasteiger partial charge in [-0.1, -0.05) is 44.5 Å². The second kappa shape index (κ2) is 10.5. The van der Waals surface area contributed by atoms with E-state index in [4.69, 9.17) is 16.7 Å². The Hall–Kier alpha value is -2.91. The lowest BCUT2D eigenvalue weighted by molar-refractivity contribution is -0.123. The number of hydrogen-bond acceptors (Lipinski definition) is 4. The highest BCUT2D eigenvalue weighted by Crippen LogP contribution is 2.49. The fraction of sp³-hybridized carbons (Fsp3) is 0.370. The Kier molecular flexibility index (Phi) is 7.67. The fourth-order valence-corrected chi connectivity index (χ4v) is 5.74. The molecule has 1 aromatic heterocycles. The van der Waals surface area contributed by atoms with E-state index in [2.05, 4.69) is 5.32 Å². The zero-order chi connectivity index (χ0) is 27.1. The summed E-state index contributed by atoms with van der Waals surface area (Å²) in [7, 11) is 0. The first kappa shape index (κ1) is 27.1. The average Bonchev–Trinajstić information content (AvgIpc) is 3.13. The maximum atomic E-state index is 15.2. The third-order valence-electron chi connectivity index (χ3n) is 5.85. The van der Waals surface area contributed by atoms with Crippen molar-refractivity contribution < 1.29 is 18.4 Å². The van der Waals surface area contributed by atoms with Crippen LogP contribution in [0.15, 0.2) is 42.5 Å².